The average molecular weight is 745 g/mol. The van der Waals surface area contributed by atoms with Gasteiger partial charge in [0.25, 0.3) is 0 Å². The van der Waals surface area contributed by atoms with E-state index in [1.165, 1.54) is 64.7 Å². The Morgan fingerprint density at radius 1 is 0.368 bits per heavy atom. The highest BCUT2D eigenvalue weighted by Gasteiger charge is 2.40. The third kappa shape index (κ3) is 5.62. The molecule has 268 valence electrons. The predicted molar refractivity (Wildman–Crippen MR) is 240 cm³/mol. The Labute approximate surface area is 336 Å². The molecule has 2 aromatic heterocycles. The van der Waals surface area contributed by atoms with Gasteiger partial charge in [-0.3, -0.25) is 0 Å². The molecule has 0 amide bonds. The smallest absolute Gasteiger partial charge is 0.160 e. The molecule has 2 heterocycles. The lowest BCUT2D eigenvalue weighted by Crippen LogP contribution is -2.22. The lowest BCUT2D eigenvalue weighted by atomic mass is 9.74. The molecule has 0 aliphatic heterocycles. The Bertz CT molecular complexity index is 3090. The van der Waals surface area contributed by atoms with E-state index in [1.807, 2.05) is 29.5 Å². The third-order valence-electron chi connectivity index (χ3n) is 11.8. The molecule has 3 heteroatoms. The Morgan fingerprint density at radius 3 is 1.68 bits per heavy atom. The molecule has 0 saturated heterocycles. The summed E-state index contributed by atoms with van der Waals surface area (Å²) >= 11 is 1.85. The van der Waals surface area contributed by atoms with Crippen LogP contribution < -0.4 is 0 Å². The maximum Gasteiger partial charge on any atom is 0.160 e. The molecule has 0 fully saturated rings. The van der Waals surface area contributed by atoms with Crippen molar-refractivity contribution in [2.75, 3.05) is 0 Å². The van der Waals surface area contributed by atoms with Crippen molar-refractivity contribution in [3.05, 3.63) is 217 Å². The second-order valence-electron chi connectivity index (χ2n) is 15.1. The second kappa shape index (κ2) is 13.4. The zero-order valence-corrected chi connectivity index (χ0v) is 32.2. The van der Waals surface area contributed by atoms with Crippen LogP contribution in [0.5, 0.6) is 0 Å². The first-order chi connectivity index (χ1) is 28.1. The summed E-state index contributed by atoms with van der Waals surface area (Å²) in [7, 11) is 0. The summed E-state index contributed by atoms with van der Waals surface area (Å²) in [5.41, 5.74) is 16.0. The molecule has 57 heavy (non-hydrogen) atoms. The second-order valence-corrected chi connectivity index (χ2v) is 16.2. The molecule has 1 aliphatic rings. The van der Waals surface area contributed by atoms with Gasteiger partial charge in [-0.15, -0.1) is 11.3 Å². The monoisotopic (exact) mass is 744 g/mol. The van der Waals surface area contributed by atoms with Gasteiger partial charge >= 0.3 is 0 Å². The molecule has 2 nitrogen and oxygen atoms in total. The lowest BCUT2D eigenvalue weighted by molar-refractivity contribution is 0.714. The highest BCUT2D eigenvalue weighted by Crippen LogP contribution is 2.52. The standard InChI is InChI=1S/C54H36N2S/c1-54(47-22-8-5-19-43(47)44-20-6-9-23-48(44)54)42-18-12-16-39(32-42)35-25-27-36(28-26-35)49-34-50(56-53(55-49)37-13-3-2-4-14-37)41-17-11-15-38(31-41)40-29-30-52-46(33-40)45-21-7-10-24-51(45)57-52/h2-34H,1H3. The van der Waals surface area contributed by atoms with E-state index in [4.69, 9.17) is 9.97 Å². The van der Waals surface area contributed by atoms with Gasteiger partial charge in [0, 0.05) is 42.3 Å². The summed E-state index contributed by atoms with van der Waals surface area (Å²) < 4.78 is 2.63. The van der Waals surface area contributed by atoms with Gasteiger partial charge < -0.3 is 0 Å². The van der Waals surface area contributed by atoms with Crippen LogP contribution in [0.2, 0.25) is 0 Å². The first kappa shape index (κ1) is 33.4. The van der Waals surface area contributed by atoms with Crippen molar-refractivity contribution in [1.29, 1.82) is 0 Å². The molecule has 0 saturated carbocycles. The molecule has 0 bridgehead atoms. The number of fused-ring (bicyclic) bond motifs is 6. The van der Waals surface area contributed by atoms with Crippen LogP contribution >= 0.6 is 11.3 Å². The number of hydrogen-bond acceptors (Lipinski definition) is 3. The van der Waals surface area contributed by atoms with E-state index in [-0.39, 0.29) is 5.41 Å². The molecule has 1 aliphatic carbocycles. The highest BCUT2D eigenvalue weighted by molar-refractivity contribution is 7.25. The van der Waals surface area contributed by atoms with E-state index in [9.17, 15) is 0 Å². The Kier molecular flexibility index (Phi) is 7.84. The molecule has 10 aromatic rings. The average Bonchev–Trinajstić information content (AvgIpc) is 3.79. The van der Waals surface area contributed by atoms with E-state index in [0.717, 1.165) is 33.6 Å². The summed E-state index contributed by atoms with van der Waals surface area (Å²) in [6.45, 7) is 2.37. The zero-order valence-electron chi connectivity index (χ0n) is 31.4. The number of benzene rings is 8. The third-order valence-corrected chi connectivity index (χ3v) is 13.0. The van der Waals surface area contributed by atoms with E-state index < -0.39 is 0 Å². The van der Waals surface area contributed by atoms with Gasteiger partial charge in [-0.2, -0.15) is 0 Å². The van der Waals surface area contributed by atoms with Crippen LogP contribution in [0.4, 0.5) is 0 Å². The minimum absolute atomic E-state index is 0.239. The van der Waals surface area contributed by atoms with Crippen molar-refractivity contribution in [1.82, 2.24) is 9.97 Å². The van der Waals surface area contributed by atoms with Gasteiger partial charge in [-0.25, -0.2) is 9.97 Å². The highest BCUT2D eigenvalue weighted by atomic mass is 32.1. The van der Waals surface area contributed by atoms with Crippen LogP contribution in [-0.2, 0) is 5.41 Å². The van der Waals surface area contributed by atoms with E-state index in [0.29, 0.717) is 5.82 Å². The van der Waals surface area contributed by atoms with Crippen molar-refractivity contribution in [3.8, 4) is 67.3 Å². The number of hydrogen-bond donors (Lipinski definition) is 0. The Morgan fingerprint density at radius 2 is 0.912 bits per heavy atom. The van der Waals surface area contributed by atoms with Crippen molar-refractivity contribution in [2.24, 2.45) is 0 Å². The van der Waals surface area contributed by atoms with Gasteiger partial charge in [0.2, 0.25) is 0 Å². The van der Waals surface area contributed by atoms with Crippen molar-refractivity contribution < 1.29 is 0 Å². The normalized spacial score (nSPS) is 12.8. The van der Waals surface area contributed by atoms with E-state index in [1.54, 1.807) is 0 Å². The van der Waals surface area contributed by atoms with Gasteiger partial charge in [0.15, 0.2) is 5.82 Å². The summed E-state index contributed by atoms with van der Waals surface area (Å²) in [6.07, 6.45) is 0. The van der Waals surface area contributed by atoms with Crippen LogP contribution in [0.3, 0.4) is 0 Å². The fourth-order valence-electron chi connectivity index (χ4n) is 8.83. The molecular weight excluding hydrogens is 709 g/mol. The largest absolute Gasteiger partial charge is 0.228 e. The fraction of sp³-hybridized carbons (Fsp3) is 0.0370. The van der Waals surface area contributed by atoms with Gasteiger partial charge in [0.1, 0.15) is 0 Å². The van der Waals surface area contributed by atoms with Crippen molar-refractivity contribution in [2.45, 2.75) is 12.3 Å². The number of thiophene rings is 1. The first-order valence-electron chi connectivity index (χ1n) is 19.5. The van der Waals surface area contributed by atoms with Gasteiger partial charge in [-0.05, 0) is 93.4 Å². The van der Waals surface area contributed by atoms with E-state index in [2.05, 4.69) is 189 Å². The minimum atomic E-state index is -0.239. The van der Waals surface area contributed by atoms with Crippen molar-refractivity contribution in [3.63, 3.8) is 0 Å². The fourth-order valence-corrected chi connectivity index (χ4v) is 9.92. The topological polar surface area (TPSA) is 25.8 Å². The Balaban J connectivity index is 0.963. The molecule has 0 radical (unpaired) electrons. The number of rotatable bonds is 6. The Hall–Kier alpha value is -6.94. The zero-order chi connectivity index (χ0) is 37.9. The summed E-state index contributed by atoms with van der Waals surface area (Å²) in [6, 6.07) is 72.3. The molecule has 11 rings (SSSR count). The first-order valence-corrected chi connectivity index (χ1v) is 20.3. The van der Waals surface area contributed by atoms with Crippen LogP contribution in [0, 0.1) is 0 Å². The summed E-state index contributed by atoms with van der Waals surface area (Å²) in [4.78, 5) is 10.3. The van der Waals surface area contributed by atoms with Gasteiger partial charge in [0.05, 0.1) is 11.4 Å². The summed E-state index contributed by atoms with van der Waals surface area (Å²) in [5.74, 6) is 0.710. The lowest BCUT2D eigenvalue weighted by Gasteiger charge is -2.28. The van der Waals surface area contributed by atoms with Crippen LogP contribution in [0.15, 0.2) is 200 Å². The van der Waals surface area contributed by atoms with Gasteiger partial charge in [-0.1, -0.05) is 164 Å². The molecule has 0 N–H and O–H groups in total. The van der Waals surface area contributed by atoms with E-state index >= 15 is 0 Å². The summed E-state index contributed by atoms with van der Waals surface area (Å²) in [5, 5.41) is 2.61. The predicted octanol–water partition coefficient (Wildman–Crippen LogP) is 14.5. The molecule has 0 unspecified atom stereocenters. The maximum absolute atomic E-state index is 5.16. The van der Waals surface area contributed by atoms with Crippen LogP contribution in [0.25, 0.3) is 87.5 Å². The van der Waals surface area contributed by atoms with Crippen molar-refractivity contribution >= 4 is 31.5 Å². The molecular formula is C54H36N2S. The number of nitrogens with zero attached hydrogens (tertiary/aromatic N) is 2. The number of aromatic nitrogens is 2. The van der Waals surface area contributed by atoms with Crippen LogP contribution in [-0.4, -0.2) is 9.97 Å². The minimum Gasteiger partial charge on any atom is -0.228 e. The quantitative estimate of drug-likeness (QED) is 0.169. The van der Waals surface area contributed by atoms with Crippen LogP contribution in [0.1, 0.15) is 23.6 Å². The maximum atomic E-state index is 5.16. The SMILES string of the molecule is CC1(c2cccc(-c3ccc(-c4cc(-c5cccc(-c6ccc7sc8ccccc8c7c6)c5)nc(-c5ccccc5)n4)cc3)c2)c2ccccc2-c2ccccc21. The molecule has 0 spiro atoms. The molecule has 8 aromatic carbocycles. The molecule has 0 atom stereocenters.